The van der Waals surface area contributed by atoms with Gasteiger partial charge >= 0.3 is 5.97 Å². The van der Waals surface area contributed by atoms with Crippen molar-refractivity contribution in [3.05, 3.63) is 71.8 Å². The Labute approximate surface area is 118 Å². The maximum atomic E-state index is 11.5. The van der Waals surface area contributed by atoms with Gasteiger partial charge in [0, 0.05) is 11.8 Å². The quantitative estimate of drug-likeness (QED) is 0.679. The number of hydrogen-bond donors (Lipinski definition) is 1. The van der Waals surface area contributed by atoms with E-state index in [1.807, 2.05) is 61.5 Å². The molecule has 0 aromatic heterocycles. The van der Waals surface area contributed by atoms with Crippen LogP contribution in [-0.2, 0) is 9.53 Å². The zero-order valence-electron chi connectivity index (χ0n) is 11.6. The summed E-state index contributed by atoms with van der Waals surface area (Å²) in [5, 5.41) is 3.25. The van der Waals surface area contributed by atoms with Gasteiger partial charge in [0.1, 0.15) is 0 Å². The van der Waals surface area contributed by atoms with Gasteiger partial charge in [0.15, 0.2) is 0 Å². The van der Waals surface area contributed by atoms with Crippen molar-refractivity contribution in [1.82, 2.24) is 0 Å². The number of methoxy groups -OCH3 is 1. The molecule has 0 aliphatic carbocycles. The van der Waals surface area contributed by atoms with Gasteiger partial charge in [-0.15, -0.1) is 0 Å². The van der Waals surface area contributed by atoms with Gasteiger partial charge in [0.2, 0.25) is 0 Å². The Balaban J connectivity index is 2.30. The molecule has 2 aromatic carbocycles. The molecule has 0 bridgehead atoms. The first-order valence-corrected chi connectivity index (χ1v) is 6.38. The van der Waals surface area contributed by atoms with E-state index in [9.17, 15) is 4.79 Å². The Kier molecular flexibility index (Phi) is 4.56. The average Bonchev–Trinajstić information content (AvgIpc) is 2.49. The van der Waals surface area contributed by atoms with Gasteiger partial charge in [0.25, 0.3) is 0 Å². The molecule has 0 saturated heterocycles. The highest BCUT2D eigenvalue weighted by Gasteiger charge is 2.05. The van der Waals surface area contributed by atoms with E-state index in [4.69, 9.17) is 4.74 Å². The maximum absolute atomic E-state index is 11.5. The third-order valence-corrected chi connectivity index (χ3v) is 2.88. The summed E-state index contributed by atoms with van der Waals surface area (Å²) in [6.07, 6.45) is 1.45. The van der Waals surface area contributed by atoms with E-state index in [0.717, 1.165) is 11.3 Å². The number of hydrogen-bond acceptors (Lipinski definition) is 3. The fourth-order valence-corrected chi connectivity index (χ4v) is 1.78. The Morgan fingerprint density at radius 3 is 2.30 bits per heavy atom. The van der Waals surface area contributed by atoms with Crippen LogP contribution in [0.5, 0.6) is 0 Å². The standard InChI is InChI=1S/C17H17NO2/c1-13-8-10-15(11-9-13)18-16(12-17(19)20-2)14-6-4-3-5-7-14/h3-12,18H,1-2H3/b16-12-. The number of nitrogens with one attached hydrogen (secondary N) is 1. The molecule has 0 radical (unpaired) electrons. The maximum Gasteiger partial charge on any atom is 0.332 e. The van der Waals surface area contributed by atoms with Gasteiger partial charge in [-0.3, -0.25) is 0 Å². The van der Waals surface area contributed by atoms with Crippen molar-refractivity contribution in [2.24, 2.45) is 0 Å². The molecule has 0 aliphatic rings. The molecular formula is C17H17NO2. The molecule has 3 nitrogen and oxygen atoms in total. The molecule has 0 aliphatic heterocycles. The molecule has 2 rings (SSSR count). The fourth-order valence-electron chi connectivity index (χ4n) is 1.78. The molecular weight excluding hydrogens is 250 g/mol. The predicted octanol–water partition coefficient (Wildman–Crippen LogP) is 3.62. The molecule has 0 amide bonds. The summed E-state index contributed by atoms with van der Waals surface area (Å²) in [6.45, 7) is 2.03. The first kappa shape index (κ1) is 13.9. The highest BCUT2D eigenvalue weighted by Crippen LogP contribution is 2.19. The Bertz CT molecular complexity index is 601. The van der Waals surface area contributed by atoms with E-state index in [-0.39, 0.29) is 5.97 Å². The lowest BCUT2D eigenvalue weighted by Gasteiger charge is -2.11. The topological polar surface area (TPSA) is 38.3 Å². The van der Waals surface area contributed by atoms with E-state index in [0.29, 0.717) is 5.70 Å². The summed E-state index contributed by atoms with van der Waals surface area (Å²) >= 11 is 0. The van der Waals surface area contributed by atoms with Gasteiger partial charge in [-0.05, 0) is 24.6 Å². The SMILES string of the molecule is COC(=O)/C=C(\Nc1ccc(C)cc1)c1ccccc1. The lowest BCUT2D eigenvalue weighted by atomic mass is 10.1. The molecule has 0 saturated carbocycles. The predicted molar refractivity (Wildman–Crippen MR) is 81.2 cm³/mol. The van der Waals surface area contributed by atoms with Crippen LogP contribution in [0.15, 0.2) is 60.7 Å². The number of benzene rings is 2. The van der Waals surface area contributed by atoms with Crippen LogP contribution in [-0.4, -0.2) is 13.1 Å². The second-order valence-corrected chi connectivity index (χ2v) is 4.44. The number of carbonyl (C=O) groups is 1. The summed E-state index contributed by atoms with van der Waals surface area (Å²) in [7, 11) is 1.37. The lowest BCUT2D eigenvalue weighted by molar-refractivity contribution is -0.134. The first-order chi connectivity index (χ1) is 9.69. The number of ether oxygens (including phenoxy) is 1. The average molecular weight is 267 g/mol. The number of carbonyl (C=O) groups excluding carboxylic acids is 1. The van der Waals surface area contributed by atoms with Crippen LogP contribution in [0.25, 0.3) is 5.70 Å². The lowest BCUT2D eigenvalue weighted by Crippen LogP contribution is -2.04. The Morgan fingerprint density at radius 2 is 1.70 bits per heavy atom. The molecule has 0 spiro atoms. The highest BCUT2D eigenvalue weighted by atomic mass is 16.5. The molecule has 3 heteroatoms. The molecule has 0 unspecified atom stereocenters. The van der Waals surface area contributed by atoms with Crippen LogP contribution in [0.1, 0.15) is 11.1 Å². The summed E-state index contributed by atoms with van der Waals surface area (Å²) in [5.41, 5.74) is 3.75. The second kappa shape index (κ2) is 6.57. The monoisotopic (exact) mass is 267 g/mol. The molecule has 2 aromatic rings. The van der Waals surface area contributed by atoms with Crippen LogP contribution < -0.4 is 5.32 Å². The van der Waals surface area contributed by atoms with Crippen molar-refractivity contribution in [2.75, 3.05) is 12.4 Å². The van der Waals surface area contributed by atoms with E-state index in [1.165, 1.54) is 18.7 Å². The third-order valence-electron chi connectivity index (χ3n) is 2.88. The second-order valence-electron chi connectivity index (χ2n) is 4.44. The van der Waals surface area contributed by atoms with Crippen LogP contribution in [0.2, 0.25) is 0 Å². The van der Waals surface area contributed by atoms with Gasteiger partial charge in [-0.25, -0.2) is 4.79 Å². The van der Waals surface area contributed by atoms with Gasteiger partial charge in [-0.2, -0.15) is 0 Å². The van der Waals surface area contributed by atoms with Crippen molar-refractivity contribution in [3.63, 3.8) is 0 Å². The normalized spacial score (nSPS) is 11.0. The summed E-state index contributed by atoms with van der Waals surface area (Å²) in [4.78, 5) is 11.5. The first-order valence-electron chi connectivity index (χ1n) is 6.38. The van der Waals surface area contributed by atoms with Crippen molar-refractivity contribution < 1.29 is 9.53 Å². The number of rotatable bonds is 4. The number of anilines is 1. The van der Waals surface area contributed by atoms with Gasteiger partial charge < -0.3 is 10.1 Å². The van der Waals surface area contributed by atoms with Crippen molar-refractivity contribution in [2.45, 2.75) is 6.92 Å². The molecule has 102 valence electrons. The highest BCUT2D eigenvalue weighted by molar-refractivity contribution is 5.94. The zero-order chi connectivity index (χ0) is 14.4. The fraction of sp³-hybridized carbons (Fsp3) is 0.118. The van der Waals surface area contributed by atoms with Crippen molar-refractivity contribution in [1.29, 1.82) is 0 Å². The summed E-state index contributed by atoms with van der Waals surface area (Å²) in [5.74, 6) is -0.386. The number of aryl methyl sites for hydroxylation is 1. The molecule has 20 heavy (non-hydrogen) atoms. The minimum Gasteiger partial charge on any atom is -0.466 e. The van der Waals surface area contributed by atoms with Crippen LogP contribution in [0, 0.1) is 6.92 Å². The number of esters is 1. The largest absolute Gasteiger partial charge is 0.466 e. The van der Waals surface area contributed by atoms with Crippen LogP contribution >= 0.6 is 0 Å². The molecule has 1 N–H and O–H groups in total. The summed E-state index contributed by atoms with van der Waals surface area (Å²) < 4.78 is 4.70. The van der Waals surface area contributed by atoms with E-state index in [1.54, 1.807) is 0 Å². The molecule has 0 atom stereocenters. The van der Waals surface area contributed by atoms with E-state index < -0.39 is 0 Å². The third kappa shape index (κ3) is 3.72. The van der Waals surface area contributed by atoms with E-state index in [2.05, 4.69) is 5.32 Å². The molecule has 0 fully saturated rings. The van der Waals surface area contributed by atoms with Crippen molar-refractivity contribution >= 4 is 17.4 Å². The van der Waals surface area contributed by atoms with Crippen LogP contribution in [0.3, 0.4) is 0 Å². The minimum absolute atomic E-state index is 0.386. The summed E-state index contributed by atoms with van der Waals surface area (Å²) in [6, 6.07) is 17.7. The smallest absolute Gasteiger partial charge is 0.332 e. The van der Waals surface area contributed by atoms with Gasteiger partial charge in [-0.1, -0.05) is 48.0 Å². The van der Waals surface area contributed by atoms with E-state index >= 15 is 0 Å². The minimum atomic E-state index is -0.386. The van der Waals surface area contributed by atoms with Gasteiger partial charge in [0.05, 0.1) is 12.8 Å². The van der Waals surface area contributed by atoms with Crippen LogP contribution in [0.4, 0.5) is 5.69 Å². The Morgan fingerprint density at radius 1 is 1.05 bits per heavy atom. The van der Waals surface area contributed by atoms with Crippen molar-refractivity contribution in [3.8, 4) is 0 Å². The zero-order valence-corrected chi connectivity index (χ0v) is 11.6. The Hall–Kier alpha value is -2.55. The molecule has 0 heterocycles.